The predicted molar refractivity (Wildman–Crippen MR) is 92.3 cm³/mol. The van der Waals surface area contributed by atoms with Crippen LogP contribution < -0.4 is 5.32 Å². The maximum Gasteiger partial charge on any atom is 0.407 e. The lowest BCUT2D eigenvalue weighted by atomic mass is 9.94. The molecule has 1 rings (SSSR count). The summed E-state index contributed by atoms with van der Waals surface area (Å²) < 4.78 is 5.35. The van der Waals surface area contributed by atoms with Crippen LogP contribution in [-0.4, -0.2) is 41.1 Å². The second kappa shape index (κ2) is 8.55. The number of carbonyl (C=O) groups excluding carboxylic acids is 2. The van der Waals surface area contributed by atoms with Crippen molar-refractivity contribution < 1.29 is 14.3 Å². The summed E-state index contributed by atoms with van der Waals surface area (Å²) >= 11 is 0. The molecule has 0 radical (unpaired) electrons. The Morgan fingerprint density at radius 3 is 2.48 bits per heavy atom. The van der Waals surface area contributed by atoms with Crippen LogP contribution in [-0.2, 0) is 9.53 Å². The molecule has 3 atom stereocenters. The molecule has 2 unspecified atom stereocenters. The highest BCUT2D eigenvalue weighted by atomic mass is 16.6. The highest BCUT2D eigenvalue weighted by molar-refractivity contribution is 5.78. The van der Waals surface area contributed by atoms with Crippen molar-refractivity contribution in [3.63, 3.8) is 0 Å². The summed E-state index contributed by atoms with van der Waals surface area (Å²) in [5, 5.41) is 2.92. The molecule has 0 aliphatic carbocycles. The first-order chi connectivity index (χ1) is 10.6. The topological polar surface area (TPSA) is 58.6 Å². The smallest absolute Gasteiger partial charge is 0.407 e. The van der Waals surface area contributed by atoms with Crippen molar-refractivity contribution in [1.29, 1.82) is 0 Å². The summed E-state index contributed by atoms with van der Waals surface area (Å²) in [5.41, 5.74) is -0.532. The van der Waals surface area contributed by atoms with Crippen molar-refractivity contribution in [2.45, 2.75) is 91.3 Å². The number of carbonyl (C=O) groups is 2. The average Bonchev–Trinajstić information content (AvgIpc) is 2.82. The molecule has 0 aromatic rings. The zero-order valence-electron chi connectivity index (χ0n) is 15.6. The van der Waals surface area contributed by atoms with Crippen molar-refractivity contribution in [3.8, 4) is 0 Å². The number of ether oxygens (including phenoxy) is 1. The van der Waals surface area contributed by atoms with Crippen LogP contribution in [0.15, 0.2) is 0 Å². The van der Waals surface area contributed by atoms with Crippen LogP contribution in [0.1, 0.15) is 73.6 Å². The highest BCUT2D eigenvalue weighted by Gasteiger charge is 2.30. The van der Waals surface area contributed by atoms with E-state index in [0.29, 0.717) is 12.5 Å². The number of hydrogen-bond donors (Lipinski definition) is 1. The van der Waals surface area contributed by atoms with Gasteiger partial charge in [-0.25, -0.2) is 4.79 Å². The van der Waals surface area contributed by atoms with E-state index in [1.807, 2.05) is 25.7 Å². The summed E-state index contributed by atoms with van der Waals surface area (Å²) in [4.78, 5) is 26.6. The minimum atomic E-state index is -0.532. The number of amides is 2. The Bertz CT molecular complexity index is 404. The minimum absolute atomic E-state index is 0.138. The molecular weight excluding hydrogens is 292 g/mol. The Morgan fingerprint density at radius 1 is 1.35 bits per heavy atom. The van der Waals surface area contributed by atoms with Crippen LogP contribution in [0.2, 0.25) is 0 Å². The Balaban J connectivity index is 2.68. The van der Waals surface area contributed by atoms with E-state index in [1.54, 1.807) is 0 Å². The van der Waals surface area contributed by atoms with Crippen molar-refractivity contribution in [1.82, 2.24) is 10.2 Å². The number of hydrogen-bond acceptors (Lipinski definition) is 3. The van der Waals surface area contributed by atoms with Gasteiger partial charge in [-0.2, -0.15) is 0 Å². The van der Waals surface area contributed by atoms with E-state index in [-0.39, 0.29) is 17.9 Å². The van der Waals surface area contributed by atoms with Crippen LogP contribution in [0.4, 0.5) is 4.79 Å². The van der Waals surface area contributed by atoms with Crippen molar-refractivity contribution in [2.24, 2.45) is 5.92 Å². The van der Waals surface area contributed by atoms with Crippen LogP contribution in [0.5, 0.6) is 0 Å². The van der Waals surface area contributed by atoms with Gasteiger partial charge in [0.1, 0.15) is 5.60 Å². The molecule has 0 aromatic heterocycles. The van der Waals surface area contributed by atoms with E-state index in [0.717, 1.165) is 32.2 Å². The Labute approximate surface area is 141 Å². The summed E-state index contributed by atoms with van der Waals surface area (Å²) in [7, 11) is 0. The van der Waals surface area contributed by atoms with E-state index in [2.05, 4.69) is 26.1 Å². The second-order valence-electron chi connectivity index (χ2n) is 7.80. The lowest BCUT2D eigenvalue weighted by molar-refractivity contribution is -0.132. The molecule has 5 nitrogen and oxygen atoms in total. The lowest BCUT2D eigenvalue weighted by Crippen LogP contribution is -2.46. The summed E-state index contributed by atoms with van der Waals surface area (Å²) in [5.74, 6) is 0.383. The van der Waals surface area contributed by atoms with Crippen LogP contribution >= 0.6 is 0 Å². The fourth-order valence-electron chi connectivity index (χ4n) is 3.12. The van der Waals surface area contributed by atoms with Gasteiger partial charge in [0.15, 0.2) is 0 Å². The number of alkyl carbamates (subject to hydrolysis) is 1. The number of likely N-dealkylation sites (tertiary alicyclic amines) is 1. The third kappa shape index (κ3) is 6.80. The molecule has 1 heterocycles. The predicted octanol–water partition coefficient (Wildman–Crippen LogP) is 3.72. The van der Waals surface area contributed by atoms with Crippen molar-refractivity contribution >= 4 is 12.0 Å². The second-order valence-corrected chi connectivity index (χ2v) is 7.80. The van der Waals surface area contributed by atoms with Crippen LogP contribution in [0.3, 0.4) is 0 Å². The fraction of sp³-hybridized carbons (Fsp3) is 0.889. The highest BCUT2D eigenvalue weighted by Crippen LogP contribution is 2.21. The minimum Gasteiger partial charge on any atom is -0.444 e. The molecular formula is C18H34N2O3. The maximum atomic E-state index is 12.6. The van der Waals surface area contributed by atoms with Crippen LogP contribution in [0.25, 0.3) is 0 Å². The summed E-state index contributed by atoms with van der Waals surface area (Å²) in [6, 6.07) is 0.135. The molecule has 2 amide bonds. The first-order valence-corrected chi connectivity index (χ1v) is 8.93. The largest absolute Gasteiger partial charge is 0.444 e. The van der Waals surface area contributed by atoms with E-state index >= 15 is 0 Å². The third-order valence-corrected chi connectivity index (χ3v) is 4.40. The van der Waals surface area contributed by atoms with Gasteiger partial charge in [-0.3, -0.25) is 4.79 Å². The summed E-state index contributed by atoms with van der Waals surface area (Å²) in [6.07, 6.45) is 4.06. The molecule has 1 fully saturated rings. The number of nitrogens with one attached hydrogen (secondary N) is 1. The molecule has 0 bridgehead atoms. The Morgan fingerprint density at radius 2 is 2.00 bits per heavy atom. The van der Waals surface area contributed by atoms with Gasteiger partial charge < -0.3 is 15.0 Å². The third-order valence-electron chi connectivity index (χ3n) is 4.40. The maximum absolute atomic E-state index is 12.6. The van der Waals surface area contributed by atoms with E-state index in [9.17, 15) is 9.59 Å². The van der Waals surface area contributed by atoms with E-state index < -0.39 is 11.7 Å². The van der Waals surface area contributed by atoms with Crippen molar-refractivity contribution in [2.75, 3.05) is 6.54 Å². The molecule has 134 valence electrons. The zero-order chi connectivity index (χ0) is 17.6. The van der Waals surface area contributed by atoms with Gasteiger partial charge in [0.05, 0.1) is 0 Å². The van der Waals surface area contributed by atoms with Gasteiger partial charge in [-0.1, -0.05) is 20.3 Å². The van der Waals surface area contributed by atoms with E-state index in [1.165, 1.54) is 0 Å². The van der Waals surface area contributed by atoms with Gasteiger partial charge >= 0.3 is 6.09 Å². The molecule has 5 heteroatoms. The van der Waals surface area contributed by atoms with Gasteiger partial charge in [-0.05, 0) is 52.9 Å². The monoisotopic (exact) mass is 326 g/mol. The number of rotatable bonds is 6. The normalized spacial score (nSPS) is 21.0. The quantitative estimate of drug-likeness (QED) is 0.809. The lowest BCUT2D eigenvalue weighted by Gasteiger charge is -2.29. The molecule has 23 heavy (non-hydrogen) atoms. The SMILES string of the molecule is CCCC(C)C(CC(=O)N1CCC[C@H]1C)NC(=O)OC(C)(C)C. The fourth-order valence-corrected chi connectivity index (χ4v) is 3.12. The Kier molecular flexibility index (Phi) is 7.36. The van der Waals surface area contributed by atoms with Gasteiger partial charge in [0.2, 0.25) is 5.91 Å². The van der Waals surface area contributed by atoms with Crippen molar-refractivity contribution in [3.05, 3.63) is 0 Å². The molecule has 0 aromatic carbocycles. The zero-order valence-corrected chi connectivity index (χ0v) is 15.6. The van der Waals surface area contributed by atoms with Gasteiger partial charge in [0, 0.05) is 25.0 Å². The summed E-state index contributed by atoms with van der Waals surface area (Å²) in [6.45, 7) is 12.7. The number of nitrogens with zero attached hydrogens (tertiary/aromatic N) is 1. The molecule has 0 spiro atoms. The van der Waals surface area contributed by atoms with E-state index in [4.69, 9.17) is 4.74 Å². The molecule has 1 N–H and O–H groups in total. The first-order valence-electron chi connectivity index (χ1n) is 8.93. The molecule has 0 saturated carbocycles. The molecule has 1 aliphatic rings. The van der Waals surface area contributed by atoms with Crippen LogP contribution in [0, 0.1) is 5.92 Å². The standard InChI is InChI=1S/C18H34N2O3/c1-7-9-13(2)15(19-17(22)23-18(4,5)6)12-16(21)20-11-8-10-14(20)3/h13-15H,7-12H2,1-6H3,(H,19,22)/t13?,14-,15?/m1/s1. The van der Waals surface area contributed by atoms with Gasteiger partial charge in [0.25, 0.3) is 0 Å². The first kappa shape index (κ1) is 19.8. The van der Waals surface area contributed by atoms with Gasteiger partial charge in [-0.15, -0.1) is 0 Å². The Hall–Kier alpha value is -1.26. The molecule has 1 aliphatic heterocycles. The molecule has 1 saturated heterocycles. The average molecular weight is 326 g/mol.